The van der Waals surface area contributed by atoms with Gasteiger partial charge in [0.05, 0.1) is 18.2 Å². The maximum Gasteiger partial charge on any atom is 0.229 e. The third-order valence-electron chi connectivity index (χ3n) is 3.92. The quantitative estimate of drug-likeness (QED) is 0.844. The van der Waals surface area contributed by atoms with Gasteiger partial charge in [-0.2, -0.15) is 0 Å². The number of thioether (sulfide) groups is 1. The molecule has 118 valence electrons. The summed E-state index contributed by atoms with van der Waals surface area (Å²) in [6.45, 7) is 6.21. The molecule has 0 spiro atoms. The Labute approximate surface area is 135 Å². The maximum absolute atomic E-state index is 12.6. The van der Waals surface area contributed by atoms with Crippen LogP contribution in [0.5, 0.6) is 0 Å². The second kappa shape index (κ2) is 7.61. The predicted octanol–water partition coefficient (Wildman–Crippen LogP) is 2.95. The fraction of sp³-hybridized carbons (Fsp3) is 0.733. The molecule has 0 bridgehead atoms. The summed E-state index contributed by atoms with van der Waals surface area (Å²) >= 11 is 3.33. The van der Waals surface area contributed by atoms with Gasteiger partial charge in [0, 0.05) is 17.5 Å². The number of likely N-dealkylation sites (tertiary alicyclic amines) is 1. The van der Waals surface area contributed by atoms with Crippen LogP contribution in [0.15, 0.2) is 9.72 Å². The summed E-state index contributed by atoms with van der Waals surface area (Å²) < 4.78 is 1.04. The molecule has 1 saturated heterocycles. The van der Waals surface area contributed by atoms with E-state index < -0.39 is 0 Å². The molecule has 4 nitrogen and oxygen atoms in total. The van der Waals surface area contributed by atoms with Crippen LogP contribution in [0, 0.1) is 0 Å². The highest BCUT2D eigenvalue weighted by Crippen LogP contribution is 2.27. The third-order valence-corrected chi connectivity index (χ3v) is 5.87. The van der Waals surface area contributed by atoms with Gasteiger partial charge in [0.25, 0.3) is 0 Å². The monoisotopic (exact) mass is 328 g/mol. The predicted molar refractivity (Wildman–Crippen MR) is 87.8 cm³/mol. The lowest BCUT2D eigenvalue weighted by molar-refractivity contribution is -0.139. The van der Waals surface area contributed by atoms with Gasteiger partial charge >= 0.3 is 0 Å². The summed E-state index contributed by atoms with van der Waals surface area (Å²) in [6.07, 6.45) is 2.36. The Morgan fingerprint density at radius 3 is 2.95 bits per heavy atom. The van der Waals surface area contributed by atoms with Crippen molar-refractivity contribution in [3.05, 3.63) is 11.1 Å². The first-order valence-corrected chi connectivity index (χ1v) is 9.48. The molecule has 0 aliphatic carbocycles. The largest absolute Gasteiger partial charge is 0.393 e. The first-order chi connectivity index (χ1) is 10.0. The Kier molecular flexibility index (Phi) is 6.08. The second-order valence-corrected chi connectivity index (χ2v) is 7.92. The van der Waals surface area contributed by atoms with Gasteiger partial charge in [-0.05, 0) is 31.9 Å². The molecule has 1 amide bonds. The number of hydrogen-bond acceptors (Lipinski definition) is 5. The fourth-order valence-electron chi connectivity index (χ4n) is 3.01. The summed E-state index contributed by atoms with van der Waals surface area (Å²) in [7, 11) is 0. The van der Waals surface area contributed by atoms with E-state index in [4.69, 9.17) is 0 Å². The van der Waals surface area contributed by atoms with Gasteiger partial charge in [-0.25, -0.2) is 4.98 Å². The molecule has 1 N–H and O–H groups in total. The molecule has 1 aromatic rings. The molecule has 0 saturated carbocycles. The van der Waals surface area contributed by atoms with Crippen molar-refractivity contribution in [1.29, 1.82) is 0 Å². The molecule has 1 fully saturated rings. The number of aliphatic hydroxyl groups is 1. The number of thiazole rings is 1. The van der Waals surface area contributed by atoms with E-state index in [-0.39, 0.29) is 24.1 Å². The van der Waals surface area contributed by atoms with E-state index in [0.29, 0.717) is 19.3 Å². The van der Waals surface area contributed by atoms with Crippen molar-refractivity contribution in [3.8, 4) is 0 Å². The van der Waals surface area contributed by atoms with Crippen molar-refractivity contribution in [3.63, 3.8) is 0 Å². The smallest absolute Gasteiger partial charge is 0.229 e. The lowest BCUT2D eigenvalue weighted by Gasteiger charge is -2.42. The van der Waals surface area contributed by atoms with Crippen LogP contribution < -0.4 is 0 Å². The van der Waals surface area contributed by atoms with E-state index in [2.05, 4.69) is 18.8 Å². The van der Waals surface area contributed by atoms with E-state index in [1.807, 2.05) is 17.2 Å². The van der Waals surface area contributed by atoms with Crippen LogP contribution in [-0.4, -0.2) is 44.8 Å². The molecule has 2 rings (SSSR count). The first-order valence-electron chi connectivity index (χ1n) is 7.61. The standard InChI is InChI=1S/C15H24N2O2S2/c1-4-12-8-13(18)6-10(3)17(12)14(19)7-11-9-21-15(16-11)20-5-2/h9-10,12-13,18H,4-8H2,1-3H3/t10-,12+,13+/m1/s1. The number of rotatable bonds is 5. The lowest BCUT2D eigenvalue weighted by Crippen LogP contribution is -2.52. The average molecular weight is 329 g/mol. The molecule has 3 atom stereocenters. The lowest BCUT2D eigenvalue weighted by atomic mass is 9.92. The van der Waals surface area contributed by atoms with Gasteiger partial charge in [-0.1, -0.05) is 25.6 Å². The van der Waals surface area contributed by atoms with Crippen LogP contribution in [0.2, 0.25) is 0 Å². The van der Waals surface area contributed by atoms with E-state index in [1.54, 1.807) is 23.1 Å². The van der Waals surface area contributed by atoms with Gasteiger partial charge in [0.1, 0.15) is 4.34 Å². The number of aliphatic hydroxyl groups excluding tert-OH is 1. The van der Waals surface area contributed by atoms with Crippen LogP contribution in [-0.2, 0) is 11.2 Å². The molecule has 0 unspecified atom stereocenters. The summed E-state index contributed by atoms with van der Waals surface area (Å²) in [6, 6.07) is 0.258. The van der Waals surface area contributed by atoms with Crippen molar-refractivity contribution in [2.75, 3.05) is 5.75 Å². The maximum atomic E-state index is 12.6. The molecule has 1 aliphatic rings. The summed E-state index contributed by atoms with van der Waals surface area (Å²) in [5.74, 6) is 1.14. The Morgan fingerprint density at radius 2 is 2.29 bits per heavy atom. The zero-order valence-corrected chi connectivity index (χ0v) is 14.5. The number of piperidine rings is 1. The minimum absolute atomic E-state index is 0.106. The van der Waals surface area contributed by atoms with E-state index in [1.165, 1.54) is 0 Å². The summed E-state index contributed by atoms with van der Waals surface area (Å²) in [5.41, 5.74) is 0.870. The Balaban J connectivity index is 2.03. The van der Waals surface area contributed by atoms with Crippen molar-refractivity contribution in [2.45, 2.75) is 69.0 Å². The van der Waals surface area contributed by atoms with Crippen LogP contribution >= 0.6 is 23.1 Å². The number of aromatic nitrogens is 1. The van der Waals surface area contributed by atoms with Crippen molar-refractivity contribution < 1.29 is 9.90 Å². The van der Waals surface area contributed by atoms with Crippen molar-refractivity contribution in [1.82, 2.24) is 9.88 Å². The highest BCUT2D eigenvalue weighted by molar-refractivity contribution is 8.00. The number of carbonyl (C=O) groups is 1. The first kappa shape index (κ1) is 16.8. The molecule has 1 aromatic heterocycles. The zero-order valence-electron chi connectivity index (χ0n) is 12.9. The fourth-order valence-corrected chi connectivity index (χ4v) is 4.75. The number of amides is 1. The van der Waals surface area contributed by atoms with Crippen LogP contribution in [0.1, 0.15) is 45.7 Å². The Morgan fingerprint density at radius 1 is 1.52 bits per heavy atom. The highest BCUT2D eigenvalue weighted by Gasteiger charge is 2.34. The van der Waals surface area contributed by atoms with Gasteiger partial charge < -0.3 is 10.0 Å². The number of hydrogen-bond donors (Lipinski definition) is 1. The average Bonchev–Trinajstić information content (AvgIpc) is 2.85. The SMILES string of the molecule is CCSc1nc(CC(=O)N2[C@@H](CC)C[C@@H](O)C[C@H]2C)cs1. The Bertz CT molecular complexity index is 478. The topological polar surface area (TPSA) is 53.4 Å². The van der Waals surface area contributed by atoms with Gasteiger partial charge in [0.2, 0.25) is 5.91 Å². The van der Waals surface area contributed by atoms with Crippen LogP contribution in [0.25, 0.3) is 0 Å². The molecule has 6 heteroatoms. The molecule has 0 aromatic carbocycles. The van der Waals surface area contributed by atoms with Crippen molar-refractivity contribution in [2.24, 2.45) is 0 Å². The normalized spacial score (nSPS) is 26.1. The summed E-state index contributed by atoms with van der Waals surface area (Å²) in [5, 5.41) is 11.9. The van der Waals surface area contributed by atoms with Crippen LogP contribution in [0.4, 0.5) is 0 Å². The zero-order chi connectivity index (χ0) is 15.4. The van der Waals surface area contributed by atoms with E-state index in [0.717, 1.165) is 22.2 Å². The Hall–Kier alpha value is -0.590. The number of carbonyl (C=O) groups excluding carboxylic acids is 1. The van der Waals surface area contributed by atoms with E-state index in [9.17, 15) is 9.90 Å². The van der Waals surface area contributed by atoms with Gasteiger partial charge in [0.15, 0.2) is 0 Å². The molecule has 1 aliphatic heterocycles. The molecule has 0 radical (unpaired) electrons. The van der Waals surface area contributed by atoms with Crippen molar-refractivity contribution >= 4 is 29.0 Å². The number of nitrogens with zero attached hydrogens (tertiary/aromatic N) is 2. The molecule has 2 heterocycles. The van der Waals surface area contributed by atoms with Crippen LogP contribution in [0.3, 0.4) is 0 Å². The third kappa shape index (κ3) is 4.20. The molecular weight excluding hydrogens is 304 g/mol. The van der Waals surface area contributed by atoms with Gasteiger partial charge in [-0.3, -0.25) is 4.79 Å². The minimum Gasteiger partial charge on any atom is -0.393 e. The van der Waals surface area contributed by atoms with Gasteiger partial charge in [-0.15, -0.1) is 11.3 Å². The molecular formula is C15H24N2O2S2. The summed E-state index contributed by atoms with van der Waals surface area (Å²) in [4.78, 5) is 19.1. The highest BCUT2D eigenvalue weighted by atomic mass is 32.2. The van der Waals surface area contributed by atoms with E-state index >= 15 is 0 Å². The second-order valence-electron chi connectivity index (χ2n) is 5.55. The molecule has 21 heavy (non-hydrogen) atoms. The minimum atomic E-state index is -0.277.